The third-order valence-corrected chi connectivity index (χ3v) is 5.85. The van der Waals surface area contributed by atoms with E-state index in [2.05, 4.69) is 20.4 Å². The van der Waals surface area contributed by atoms with E-state index in [1.807, 2.05) is 0 Å². The quantitative estimate of drug-likeness (QED) is 0.697. The molecule has 3 rings (SSSR count). The van der Waals surface area contributed by atoms with Crippen molar-refractivity contribution in [2.45, 2.75) is 32.2 Å². The summed E-state index contributed by atoms with van der Waals surface area (Å²) in [5.41, 5.74) is 1.77. The summed E-state index contributed by atoms with van der Waals surface area (Å²) in [6.07, 6.45) is 4.30. The van der Waals surface area contributed by atoms with Gasteiger partial charge in [-0.1, -0.05) is 0 Å². The van der Waals surface area contributed by atoms with Gasteiger partial charge in [-0.2, -0.15) is 17.6 Å². The van der Waals surface area contributed by atoms with Crippen LogP contribution in [0.2, 0.25) is 0 Å². The van der Waals surface area contributed by atoms with Crippen LogP contribution in [0.1, 0.15) is 33.0 Å². The summed E-state index contributed by atoms with van der Waals surface area (Å²) in [5, 5.41) is 6.48. The topological polar surface area (TPSA) is 107 Å². The van der Waals surface area contributed by atoms with E-state index in [0.717, 1.165) is 17.8 Å². The highest BCUT2D eigenvalue weighted by atomic mass is 32.2. The van der Waals surface area contributed by atoms with Gasteiger partial charge in [0, 0.05) is 12.4 Å². The average Bonchev–Trinajstić information content (AvgIpc) is 3.11. The first-order chi connectivity index (χ1) is 13.2. The van der Waals surface area contributed by atoms with Gasteiger partial charge >= 0.3 is 0 Å². The van der Waals surface area contributed by atoms with Crippen LogP contribution in [-0.4, -0.2) is 33.5 Å². The van der Waals surface area contributed by atoms with E-state index in [-0.39, 0.29) is 28.3 Å². The number of rotatable bonds is 5. The van der Waals surface area contributed by atoms with Gasteiger partial charge < -0.3 is 5.32 Å². The monoisotopic (exact) mass is 403 g/mol. The van der Waals surface area contributed by atoms with Crippen molar-refractivity contribution in [3.05, 3.63) is 70.8 Å². The number of amides is 1. The lowest BCUT2D eigenvalue weighted by Crippen LogP contribution is -2.25. The summed E-state index contributed by atoms with van der Waals surface area (Å²) in [6.45, 7) is 4.93. The molecule has 8 nitrogen and oxygen atoms in total. The molecular formula is C18H18FN5O3S. The Bertz CT molecular complexity index is 1120. The fraction of sp³-hybridized carbons (Fsp3) is 0.222. The van der Waals surface area contributed by atoms with Crippen LogP contribution in [0.15, 0.2) is 41.7 Å². The molecule has 1 N–H and O–H groups in total. The van der Waals surface area contributed by atoms with Gasteiger partial charge in [0.05, 0.1) is 29.0 Å². The van der Waals surface area contributed by atoms with Gasteiger partial charge in [-0.05, 0) is 50.1 Å². The first-order valence-corrected chi connectivity index (χ1v) is 9.76. The Morgan fingerprint density at radius 1 is 1.14 bits per heavy atom. The maximum Gasteiger partial charge on any atom is 0.283 e. The minimum absolute atomic E-state index is 0.0427. The van der Waals surface area contributed by atoms with Crippen molar-refractivity contribution in [3.63, 3.8) is 0 Å². The van der Waals surface area contributed by atoms with Crippen LogP contribution in [-0.2, 0) is 16.6 Å². The summed E-state index contributed by atoms with van der Waals surface area (Å²) >= 11 is 0. The van der Waals surface area contributed by atoms with Gasteiger partial charge in [0.2, 0.25) is 0 Å². The molecule has 0 atom stereocenters. The molecule has 28 heavy (non-hydrogen) atoms. The average molecular weight is 403 g/mol. The van der Waals surface area contributed by atoms with Gasteiger partial charge in [-0.15, -0.1) is 0 Å². The van der Waals surface area contributed by atoms with Gasteiger partial charge in [0.15, 0.2) is 5.69 Å². The molecule has 0 aliphatic rings. The number of aromatic nitrogens is 4. The van der Waals surface area contributed by atoms with Crippen LogP contribution in [0.4, 0.5) is 4.39 Å². The van der Waals surface area contributed by atoms with Gasteiger partial charge in [0.1, 0.15) is 5.82 Å². The Balaban J connectivity index is 1.81. The van der Waals surface area contributed by atoms with Crippen LogP contribution in [0.25, 0.3) is 0 Å². The van der Waals surface area contributed by atoms with E-state index < -0.39 is 21.7 Å². The highest BCUT2D eigenvalue weighted by molar-refractivity contribution is 7.90. The van der Waals surface area contributed by atoms with Crippen LogP contribution >= 0.6 is 0 Å². The molecule has 0 saturated heterocycles. The minimum atomic E-state index is -4.07. The molecule has 2 heterocycles. The molecule has 1 aromatic carbocycles. The van der Waals surface area contributed by atoms with E-state index >= 15 is 0 Å². The molecule has 1 amide bonds. The molecule has 0 aliphatic carbocycles. The van der Waals surface area contributed by atoms with Gasteiger partial charge in [-0.25, -0.2) is 4.39 Å². The Morgan fingerprint density at radius 3 is 2.43 bits per heavy atom. The summed E-state index contributed by atoms with van der Waals surface area (Å²) in [4.78, 5) is 20.4. The normalized spacial score (nSPS) is 11.4. The van der Waals surface area contributed by atoms with E-state index in [1.165, 1.54) is 26.1 Å². The summed E-state index contributed by atoms with van der Waals surface area (Å²) in [7, 11) is -4.07. The fourth-order valence-electron chi connectivity index (χ4n) is 2.73. The van der Waals surface area contributed by atoms with Crippen LogP contribution in [0, 0.1) is 26.6 Å². The van der Waals surface area contributed by atoms with Crippen molar-refractivity contribution >= 4 is 15.9 Å². The Labute approximate surface area is 161 Å². The smallest absolute Gasteiger partial charge is 0.283 e. The maximum absolute atomic E-state index is 13.5. The molecule has 0 radical (unpaired) electrons. The fourth-order valence-corrected chi connectivity index (χ4v) is 4.27. The van der Waals surface area contributed by atoms with E-state index in [9.17, 15) is 17.6 Å². The van der Waals surface area contributed by atoms with Crippen molar-refractivity contribution in [2.24, 2.45) is 0 Å². The SMILES string of the molecule is Cc1cnc(CNC(=O)c2ccn(S(=O)(=O)c3c(C)cc(F)cc3C)n2)cn1. The molecule has 0 unspecified atom stereocenters. The lowest BCUT2D eigenvalue weighted by atomic mass is 10.1. The molecule has 0 aliphatic heterocycles. The molecule has 0 saturated carbocycles. The van der Waals surface area contributed by atoms with Crippen molar-refractivity contribution < 1.29 is 17.6 Å². The van der Waals surface area contributed by atoms with Crippen molar-refractivity contribution in [1.29, 1.82) is 0 Å². The minimum Gasteiger partial charge on any atom is -0.345 e. The van der Waals surface area contributed by atoms with E-state index in [1.54, 1.807) is 19.3 Å². The molecule has 0 bridgehead atoms. The highest BCUT2D eigenvalue weighted by Gasteiger charge is 2.24. The number of aryl methyl sites for hydroxylation is 3. The second kappa shape index (κ2) is 7.47. The Kier molecular flexibility index (Phi) is 5.23. The van der Waals surface area contributed by atoms with E-state index in [0.29, 0.717) is 9.78 Å². The zero-order chi connectivity index (χ0) is 20.5. The third-order valence-electron chi connectivity index (χ3n) is 3.99. The predicted octanol–water partition coefficient (Wildman–Crippen LogP) is 1.90. The van der Waals surface area contributed by atoms with E-state index in [4.69, 9.17) is 0 Å². The second-order valence-electron chi connectivity index (χ2n) is 6.28. The number of carbonyl (C=O) groups is 1. The summed E-state index contributed by atoms with van der Waals surface area (Å²) < 4.78 is 39.9. The van der Waals surface area contributed by atoms with Crippen LogP contribution in [0.5, 0.6) is 0 Å². The zero-order valence-corrected chi connectivity index (χ0v) is 16.3. The molecular weight excluding hydrogens is 385 g/mol. The van der Waals surface area contributed by atoms with Gasteiger partial charge in [0.25, 0.3) is 15.9 Å². The Morgan fingerprint density at radius 2 is 1.82 bits per heavy atom. The van der Waals surface area contributed by atoms with Crippen molar-refractivity contribution in [2.75, 3.05) is 0 Å². The highest BCUT2D eigenvalue weighted by Crippen LogP contribution is 2.23. The molecule has 0 fully saturated rings. The second-order valence-corrected chi connectivity index (χ2v) is 8.01. The lowest BCUT2D eigenvalue weighted by molar-refractivity contribution is 0.0945. The molecule has 3 aromatic rings. The zero-order valence-electron chi connectivity index (χ0n) is 15.5. The largest absolute Gasteiger partial charge is 0.345 e. The van der Waals surface area contributed by atoms with Crippen molar-refractivity contribution in [3.8, 4) is 0 Å². The lowest BCUT2D eigenvalue weighted by Gasteiger charge is -2.11. The Hall–Kier alpha value is -3.14. The van der Waals surface area contributed by atoms with Crippen LogP contribution < -0.4 is 5.32 Å². The first-order valence-electron chi connectivity index (χ1n) is 8.32. The number of benzene rings is 1. The number of nitrogens with one attached hydrogen (secondary N) is 1. The van der Waals surface area contributed by atoms with Crippen molar-refractivity contribution in [1.82, 2.24) is 24.5 Å². The number of carbonyl (C=O) groups excluding carboxylic acids is 1. The predicted molar refractivity (Wildman–Crippen MR) is 98.6 cm³/mol. The number of nitrogens with zero attached hydrogens (tertiary/aromatic N) is 4. The third kappa shape index (κ3) is 3.91. The molecule has 2 aromatic heterocycles. The first kappa shape index (κ1) is 19.6. The van der Waals surface area contributed by atoms with Gasteiger partial charge in [-0.3, -0.25) is 14.8 Å². The number of halogens is 1. The number of hydrogen-bond acceptors (Lipinski definition) is 6. The standard InChI is InChI=1S/C18H18FN5O3S/c1-11-6-14(19)7-12(2)17(11)28(26,27)24-5-4-16(23-24)18(25)22-10-15-9-20-13(3)8-21-15/h4-9H,10H2,1-3H3,(H,22,25). The summed E-state index contributed by atoms with van der Waals surface area (Å²) in [6, 6.07) is 3.57. The molecule has 0 spiro atoms. The van der Waals surface area contributed by atoms with Crippen LogP contribution in [0.3, 0.4) is 0 Å². The molecule has 146 valence electrons. The summed E-state index contributed by atoms with van der Waals surface area (Å²) in [5.74, 6) is -1.07. The number of hydrogen-bond donors (Lipinski definition) is 1. The maximum atomic E-state index is 13.5. The molecule has 10 heteroatoms.